The van der Waals surface area contributed by atoms with E-state index in [4.69, 9.17) is 18.5 Å². The number of esters is 1. The molecule has 2 aliphatic rings. The maximum absolute atomic E-state index is 15.2. The number of hydrogen-bond acceptors (Lipinski definition) is 12. The van der Waals surface area contributed by atoms with Gasteiger partial charge in [0.1, 0.15) is 24.6 Å². The average molecular weight is 645 g/mol. The number of para-hydroxylation sites is 1. The van der Waals surface area contributed by atoms with Crippen molar-refractivity contribution < 1.29 is 46.9 Å². The fourth-order valence-electron chi connectivity index (χ4n) is 4.74. The van der Waals surface area contributed by atoms with Crippen LogP contribution in [0, 0.1) is 0 Å². The monoisotopic (exact) mass is 644 g/mol. The normalized spacial score (nSPS) is 25.4. The van der Waals surface area contributed by atoms with Gasteiger partial charge in [0.15, 0.2) is 11.9 Å². The second kappa shape index (κ2) is 13.9. The molecule has 0 spiro atoms. The molecule has 0 saturated carbocycles. The zero-order valence-corrected chi connectivity index (χ0v) is 25.5. The van der Waals surface area contributed by atoms with Crippen molar-refractivity contribution in [3.63, 3.8) is 0 Å². The van der Waals surface area contributed by atoms with Crippen molar-refractivity contribution in [2.75, 3.05) is 25.5 Å². The van der Waals surface area contributed by atoms with Gasteiger partial charge in [0.25, 0.3) is 0 Å². The van der Waals surface area contributed by atoms with Crippen LogP contribution in [0.25, 0.3) is 0 Å². The Morgan fingerprint density at radius 3 is 2.55 bits per heavy atom. The number of aliphatic hydroxyl groups excluding tert-OH is 1. The summed E-state index contributed by atoms with van der Waals surface area (Å²) < 4.78 is 52.5. The number of nitrogens with one attached hydrogen (secondary N) is 2. The third-order valence-electron chi connectivity index (χ3n) is 6.98. The number of ether oxygens (including phenoxy) is 2. The molecule has 14 nitrogen and oxygen atoms in total. The second-order valence-corrected chi connectivity index (χ2v) is 12.6. The molecule has 2 aromatic rings. The van der Waals surface area contributed by atoms with Crippen molar-refractivity contribution >= 4 is 25.8 Å². The number of rotatable bonds is 12. The maximum Gasteiger partial charge on any atom is 0.544 e. The maximum atomic E-state index is 15.2. The molecule has 2 saturated heterocycles. The van der Waals surface area contributed by atoms with E-state index in [9.17, 15) is 24.4 Å². The lowest BCUT2D eigenvalue weighted by Gasteiger charge is -2.22. The third kappa shape index (κ3) is 7.93. The molecule has 1 aromatic carbocycles. The number of hydrogen-bond donors (Lipinski definition) is 4. The van der Waals surface area contributed by atoms with Gasteiger partial charge in [0.2, 0.25) is 12.1 Å². The van der Waals surface area contributed by atoms with Crippen LogP contribution in [-0.2, 0) is 23.6 Å². The molecule has 2 fully saturated rings. The molecular weight excluding hydrogens is 607 g/mol. The van der Waals surface area contributed by atoms with Crippen LogP contribution < -0.4 is 20.6 Å². The molecule has 4 rings (SSSR count). The van der Waals surface area contributed by atoms with Gasteiger partial charge in [0, 0.05) is 6.20 Å². The van der Waals surface area contributed by atoms with Crippen LogP contribution in [-0.4, -0.2) is 92.8 Å². The summed E-state index contributed by atoms with van der Waals surface area (Å²) in [5.41, 5.74) is -1.16. The van der Waals surface area contributed by atoms with Crippen LogP contribution >= 0.6 is 8.09 Å². The highest BCUT2D eigenvalue weighted by Crippen LogP contribution is 2.54. The summed E-state index contributed by atoms with van der Waals surface area (Å²) in [6.07, 6.45) is -4.51. The van der Waals surface area contributed by atoms with Gasteiger partial charge in [-0.05, 0) is 65.4 Å². The highest BCUT2D eigenvalue weighted by molar-refractivity contribution is 7.58. The third-order valence-corrected chi connectivity index (χ3v) is 8.66. The fourth-order valence-corrected chi connectivity index (χ4v) is 6.27. The Labute approximate surface area is 252 Å². The molecular formula is C27H37F2N5O9P+. The van der Waals surface area contributed by atoms with Gasteiger partial charge in [-0.1, -0.05) is 23.3 Å². The van der Waals surface area contributed by atoms with Gasteiger partial charge in [0.05, 0.1) is 12.1 Å². The van der Waals surface area contributed by atoms with E-state index in [0.29, 0.717) is 11.0 Å². The Hall–Kier alpha value is -3.11. The van der Waals surface area contributed by atoms with E-state index in [0.717, 1.165) is 19.2 Å². The predicted octanol–water partition coefficient (Wildman–Crippen LogP) is 1.86. The Morgan fingerprint density at radius 1 is 1.23 bits per heavy atom. The molecule has 1 unspecified atom stereocenters. The molecule has 242 valence electrons. The van der Waals surface area contributed by atoms with Crippen molar-refractivity contribution in [1.82, 2.24) is 19.5 Å². The number of halogens is 2. The smallest absolute Gasteiger partial charge is 0.462 e. The Morgan fingerprint density at radius 2 is 1.93 bits per heavy atom. The SMILES string of the molecule is CC(C)OC(=O)[C@H](C)N[P+](O)(OC[C@H]1O[C@@H](n2ccc(NC(=O)[C@@H]3CCCN3C)nc2=O)C(F)(F)[C@@H]1O)Oc1ccccc1. The average Bonchev–Trinajstić information content (AvgIpc) is 3.48. The summed E-state index contributed by atoms with van der Waals surface area (Å²) in [5, 5.41) is 15.5. The number of aliphatic hydroxyl groups is 1. The number of alkyl halides is 2. The van der Waals surface area contributed by atoms with Crippen molar-refractivity contribution in [2.24, 2.45) is 0 Å². The molecule has 1 aromatic heterocycles. The first-order valence-corrected chi connectivity index (χ1v) is 15.6. The molecule has 3 heterocycles. The molecule has 4 N–H and O–H groups in total. The minimum Gasteiger partial charge on any atom is -0.462 e. The number of likely N-dealkylation sites (tertiary alicyclic amines) is 1. The Kier molecular flexibility index (Phi) is 10.7. The van der Waals surface area contributed by atoms with Gasteiger partial charge in [-0.25, -0.2) is 4.79 Å². The van der Waals surface area contributed by atoms with Crippen LogP contribution in [0.3, 0.4) is 0 Å². The van der Waals surface area contributed by atoms with Crippen LogP contribution in [0.2, 0.25) is 0 Å². The topological polar surface area (TPSA) is 174 Å². The van der Waals surface area contributed by atoms with E-state index >= 15 is 8.78 Å². The summed E-state index contributed by atoms with van der Waals surface area (Å²) in [5.74, 6) is -5.08. The molecule has 0 radical (unpaired) electrons. The lowest BCUT2D eigenvalue weighted by atomic mass is 10.1. The summed E-state index contributed by atoms with van der Waals surface area (Å²) in [4.78, 5) is 54.4. The van der Waals surface area contributed by atoms with E-state index in [1.807, 2.05) is 4.90 Å². The first-order valence-electron chi connectivity index (χ1n) is 14.0. The molecule has 0 bridgehead atoms. The predicted molar refractivity (Wildman–Crippen MR) is 154 cm³/mol. The molecule has 0 aliphatic carbocycles. The lowest BCUT2D eigenvalue weighted by molar-refractivity contribution is -0.149. The number of carbonyl (C=O) groups is 2. The zero-order valence-electron chi connectivity index (χ0n) is 24.6. The molecule has 6 atom stereocenters. The van der Waals surface area contributed by atoms with E-state index < -0.39 is 68.9 Å². The Balaban J connectivity index is 1.47. The summed E-state index contributed by atoms with van der Waals surface area (Å²) in [6.45, 7) is 4.58. The first kappa shape index (κ1) is 33.8. The standard InChI is InChI=1S/C27H36F2N5O9P/c1-16(2)41-24(37)17(3)32-44(39,43-18-9-6-5-7-10-18)40-15-20-22(35)27(28,29)25(42-20)34-14-12-21(31-26(34)38)30-23(36)19-11-8-13-33(19)4/h5-7,9-10,12,14,16-17,19-20,22,25,32,35,39H,8,11,13,15H2,1-4H3/p+1/t17-,19-,20+,22+,25+,44?/m0/s1. The van der Waals surface area contributed by atoms with Gasteiger partial charge in [-0.2, -0.15) is 23.2 Å². The molecule has 1 amide bonds. The van der Waals surface area contributed by atoms with E-state index in [1.54, 1.807) is 39.1 Å². The molecule has 2 aliphatic heterocycles. The lowest BCUT2D eigenvalue weighted by Crippen LogP contribution is -2.43. The van der Waals surface area contributed by atoms with Crippen LogP contribution in [0.15, 0.2) is 47.4 Å². The van der Waals surface area contributed by atoms with Gasteiger partial charge in [-0.15, -0.1) is 0 Å². The van der Waals surface area contributed by atoms with Gasteiger partial charge < -0.3 is 19.9 Å². The van der Waals surface area contributed by atoms with Crippen LogP contribution in [0.5, 0.6) is 5.75 Å². The first-order chi connectivity index (χ1) is 20.7. The minimum atomic E-state index is -4.21. The molecule has 17 heteroatoms. The minimum absolute atomic E-state index is 0.123. The number of likely N-dealkylation sites (N-methyl/N-ethyl adjacent to an activating group) is 1. The number of amides is 1. The molecule has 44 heavy (non-hydrogen) atoms. The second-order valence-electron chi connectivity index (χ2n) is 10.8. The summed E-state index contributed by atoms with van der Waals surface area (Å²) in [6, 6.07) is 7.54. The number of anilines is 1. The zero-order chi connectivity index (χ0) is 32.2. The van der Waals surface area contributed by atoms with E-state index in [-0.39, 0.29) is 17.5 Å². The van der Waals surface area contributed by atoms with Gasteiger partial charge >= 0.3 is 25.7 Å². The van der Waals surface area contributed by atoms with Crippen molar-refractivity contribution in [3.8, 4) is 5.75 Å². The van der Waals surface area contributed by atoms with E-state index in [2.05, 4.69) is 15.4 Å². The van der Waals surface area contributed by atoms with Crippen molar-refractivity contribution in [2.45, 2.75) is 76.2 Å². The van der Waals surface area contributed by atoms with Gasteiger partial charge in [-0.3, -0.25) is 23.6 Å². The van der Waals surface area contributed by atoms with Crippen LogP contribution in [0.1, 0.15) is 39.8 Å². The number of carbonyl (C=O) groups excluding carboxylic acids is 2. The Bertz CT molecular complexity index is 1370. The quantitative estimate of drug-likeness (QED) is 0.195. The van der Waals surface area contributed by atoms with E-state index in [1.165, 1.54) is 25.1 Å². The van der Waals surface area contributed by atoms with Crippen molar-refractivity contribution in [3.05, 3.63) is 53.1 Å². The fraction of sp³-hybridized carbons (Fsp3) is 0.556. The summed E-state index contributed by atoms with van der Waals surface area (Å²) >= 11 is 0. The highest BCUT2D eigenvalue weighted by Gasteiger charge is 2.61. The number of benzene rings is 1. The highest BCUT2D eigenvalue weighted by atomic mass is 31.2. The van der Waals surface area contributed by atoms with Crippen molar-refractivity contribution in [1.29, 1.82) is 0 Å². The largest absolute Gasteiger partial charge is 0.544 e. The number of aromatic nitrogens is 2. The number of nitrogens with zero attached hydrogens (tertiary/aromatic N) is 3. The van der Waals surface area contributed by atoms with Crippen LogP contribution in [0.4, 0.5) is 14.6 Å². The summed E-state index contributed by atoms with van der Waals surface area (Å²) in [7, 11) is -2.42.